The number of unbranched alkanes of at least 4 members (excludes halogenated alkanes) is 5. The third-order valence-electron chi connectivity index (χ3n) is 3.80. The summed E-state index contributed by atoms with van der Waals surface area (Å²) in [7, 11) is 0. The first-order chi connectivity index (χ1) is 11.4. The minimum Gasteiger partial charge on any atom is -0.479 e. The van der Waals surface area contributed by atoms with Crippen LogP contribution in [0, 0.1) is 5.41 Å². The summed E-state index contributed by atoms with van der Waals surface area (Å²) in [5.41, 5.74) is 1.00. The molecule has 0 spiro atoms. The van der Waals surface area contributed by atoms with E-state index in [-0.39, 0.29) is 18.1 Å². The van der Waals surface area contributed by atoms with Crippen molar-refractivity contribution in [3.8, 4) is 0 Å². The molecule has 0 amide bonds. The molecule has 0 unspecified atom stereocenters. The van der Waals surface area contributed by atoms with Crippen LogP contribution in [0.5, 0.6) is 0 Å². The molecular weight excluding hydrogens is 306 g/mol. The Morgan fingerprint density at radius 3 is 2.29 bits per heavy atom. The van der Waals surface area contributed by atoms with Crippen LogP contribution in [0.25, 0.3) is 0 Å². The van der Waals surface area contributed by atoms with Gasteiger partial charge in [-0.25, -0.2) is 4.79 Å². The normalized spacial score (nSPS) is 12.7. The molecule has 0 bridgehead atoms. The standard InChI is InChI=1S/C19H33NO4/c1-4-6-8-9-10-11-15(3)13-16(21)14-18(20)24-17(19(22)23)12-7-5-2/h13,17,20H,4-12,14H2,1-3H3,(H,22,23)/b15-13+,20-18?/t17-/m0/s1. The Bertz CT molecular complexity index is 429. The van der Waals surface area contributed by atoms with Gasteiger partial charge >= 0.3 is 5.97 Å². The van der Waals surface area contributed by atoms with Crippen molar-refractivity contribution >= 4 is 17.7 Å². The molecule has 0 rings (SSSR count). The quantitative estimate of drug-likeness (QED) is 0.204. The maximum absolute atomic E-state index is 11.9. The molecule has 2 N–H and O–H groups in total. The number of carbonyl (C=O) groups is 2. The zero-order chi connectivity index (χ0) is 18.4. The van der Waals surface area contributed by atoms with Gasteiger partial charge < -0.3 is 9.84 Å². The summed E-state index contributed by atoms with van der Waals surface area (Å²) in [6.07, 6.45) is 9.10. The van der Waals surface area contributed by atoms with E-state index in [9.17, 15) is 9.59 Å². The van der Waals surface area contributed by atoms with E-state index in [4.69, 9.17) is 15.3 Å². The highest BCUT2D eigenvalue weighted by Crippen LogP contribution is 2.12. The largest absolute Gasteiger partial charge is 0.479 e. The summed E-state index contributed by atoms with van der Waals surface area (Å²) >= 11 is 0. The number of ketones is 1. The van der Waals surface area contributed by atoms with E-state index in [0.717, 1.165) is 31.3 Å². The predicted molar refractivity (Wildman–Crippen MR) is 96.5 cm³/mol. The van der Waals surface area contributed by atoms with Gasteiger partial charge in [-0.2, -0.15) is 0 Å². The summed E-state index contributed by atoms with van der Waals surface area (Å²) in [6.45, 7) is 6.06. The minimum atomic E-state index is -1.08. The Morgan fingerprint density at radius 2 is 1.71 bits per heavy atom. The van der Waals surface area contributed by atoms with Crippen molar-refractivity contribution in [3.63, 3.8) is 0 Å². The number of carboxylic acids is 1. The van der Waals surface area contributed by atoms with Crippen molar-refractivity contribution in [3.05, 3.63) is 11.6 Å². The van der Waals surface area contributed by atoms with Crippen LogP contribution < -0.4 is 0 Å². The van der Waals surface area contributed by atoms with Gasteiger partial charge in [0.15, 0.2) is 17.8 Å². The van der Waals surface area contributed by atoms with Crippen molar-refractivity contribution in [2.75, 3.05) is 0 Å². The molecule has 0 aliphatic rings. The fourth-order valence-corrected chi connectivity index (χ4v) is 2.40. The second kappa shape index (κ2) is 13.8. The molecule has 0 aromatic heterocycles. The number of hydrogen-bond donors (Lipinski definition) is 2. The molecule has 138 valence electrons. The van der Waals surface area contributed by atoms with E-state index < -0.39 is 12.1 Å². The Labute approximate surface area is 146 Å². The topological polar surface area (TPSA) is 87.5 Å². The Morgan fingerprint density at radius 1 is 1.08 bits per heavy atom. The monoisotopic (exact) mass is 339 g/mol. The highest BCUT2D eigenvalue weighted by atomic mass is 16.5. The van der Waals surface area contributed by atoms with Gasteiger partial charge in [-0.05, 0) is 38.7 Å². The summed E-state index contributed by atoms with van der Waals surface area (Å²) in [4.78, 5) is 23.0. The molecule has 5 nitrogen and oxygen atoms in total. The molecule has 0 saturated heterocycles. The van der Waals surface area contributed by atoms with Gasteiger partial charge in [0.2, 0.25) is 0 Å². The first kappa shape index (κ1) is 22.4. The third kappa shape index (κ3) is 11.9. The van der Waals surface area contributed by atoms with Crippen LogP contribution in [0.2, 0.25) is 0 Å². The van der Waals surface area contributed by atoms with E-state index in [1.54, 1.807) is 6.08 Å². The number of hydrogen-bond acceptors (Lipinski definition) is 4. The first-order valence-corrected chi connectivity index (χ1v) is 9.07. The van der Waals surface area contributed by atoms with Crippen LogP contribution in [0.1, 0.15) is 85.0 Å². The SMILES string of the molecule is CCCCCCC/C(C)=C/C(=O)CC(=N)O[C@@H](CCCC)C(=O)O. The molecule has 0 radical (unpaired) electrons. The average Bonchev–Trinajstić information content (AvgIpc) is 2.50. The van der Waals surface area contributed by atoms with Gasteiger partial charge in [0.25, 0.3) is 0 Å². The lowest BCUT2D eigenvalue weighted by Gasteiger charge is -2.14. The smallest absolute Gasteiger partial charge is 0.344 e. The molecule has 0 aromatic carbocycles. The first-order valence-electron chi connectivity index (χ1n) is 9.07. The van der Waals surface area contributed by atoms with Gasteiger partial charge in [-0.15, -0.1) is 0 Å². The van der Waals surface area contributed by atoms with Gasteiger partial charge in [0, 0.05) is 0 Å². The van der Waals surface area contributed by atoms with Crippen molar-refractivity contribution in [1.82, 2.24) is 0 Å². The lowest BCUT2D eigenvalue weighted by Crippen LogP contribution is -2.27. The second-order valence-corrected chi connectivity index (χ2v) is 6.31. The zero-order valence-electron chi connectivity index (χ0n) is 15.4. The lowest BCUT2D eigenvalue weighted by atomic mass is 10.1. The van der Waals surface area contributed by atoms with Crippen molar-refractivity contribution < 1.29 is 19.4 Å². The van der Waals surface area contributed by atoms with Crippen molar-refractivity contribution in [2.45, 2.75) is 91.1 Å². The van der Waals surface area contributed by atoms with Gasteiger partial charge in [0.1, 0.15) is 0 Å². The van der Waals surface area contributed by atoms with Crippen molar-refractivity contribution in [1.29, 1.82) is 5.41 Å². The van der Waals surface area contributed by atoms with E-state index in [2.05, 4.69) is 6.92 Å². The van der Waals surface area contributed by atoms with E-state index >= 15 is 0 Å². The molecule has 0 saturated carbocycles. The average molecular weight is 339 g/mol. The third-order valence-corrected chi connectivity index (χ3v) is 3.80. The summed E-state index contributed by atoms with van der Waals surface area (Å²) in [5, 5.41) is 16.8. The lowest BCUT2D eigenvalue weighted by molar-refractivity contribution is -0.146. The van der Waals surface area contributed by atoms with E-state index in [1.165, 1.54) is 25.7 Å². The number of nitrogens with one attached hydrogen (secondary N) is 1. The molecule has 0 fully saturated rings. The van der Waals surface area contributed by atoms with E-state index in [0.29, 0.717) is 6.42 Å². The number of carbonyl (C=O) groups excluding carboxylic acids is 1. The fraction of sp³-hybridized carbons (Fsp3) is 0.737. The van der Waals surface area contributed by atoms with Crippen LogP contribution in [0.3, 0.4) is 0 Å². The Hall–Kier alpha value is -1.65. The molecular formula is C19H33NO4. The van der Waals surface area contributed by atoms with Crippen LogP contribution in [0.15, 0.2) is 11.6 Å². The fourth-order valence-electron chi connectivity index (χ4n) is 2.40. The van der Waals surface area contributed by atoms with Crippen LogP contribution in [-0.4, -0.2) is 28.9 Å². The zero-order valence-corrected chi connectivity index (χ0v) is 15.4. The second-order valence-electron chi connectivity index (χ2n) is 6.31. The minimum absolute atomic E-state index is 0.178. The van der Waals surface area contributed by atoms with Gasteiger partial charge in [0.05, 0.1) is 6.42 Å². The number of allylic oxidation sites excluding steroid dienone is 2. The van der Waals surface area contributed by atoms with Crippen LogP contribution in [-0.2, 0) is 14.3 Å². The molecule has 0 aromatic rings. The molecule has 0 heterocycles. The summed E-state index contributed by atoms with van der Waals surface area (Å²) in [6, 6.07) is 0. The van der Waals surface area contributed by atoms with E-state index in [1.807, 2.05) is 13.8 Å². The molecule has 0 aliphatic carbocycles. The highest BCUT2D eigenvalue weighted by molar-refractivity contribution is 6.03. The number of ether oxygens (including phenoxy) is 1. The van der Waals surface area contributed by atoms with Crippen molar-refractivity contribution in [2.24, 2.45) is 0 Å². The summed E-state index contributed by atoms with van der Waals surface area (Å²) < 4.78 is 5.13. The summed E-state index contributed by atoms with van der Waals surface area (Å²) in [5.74, 6) is -1.55. The molecule has 24 heavy (non-hydrogen) atoms. The van der Waals surface area contributed by atoms with Crippen LogP contribution >= 0.6 is 0 Å². The Balaban J connectivity index is 4.20. The highest BCUT2D eigenvalue weighted by Gasteiger charge is 2.20. The number of carboxylic acid groups (broad SMARTS) is 1. The maximum atomic E-state index is 11.9. The number of rotatable bonds is 14. The van der Waals surface area contributed by atoms with Crippen LogP contribution in [0.4, 0.5) is 0 Å². The van der Waals surface area contributed by atoms with Gasteiger partial charge in [-0.3, -0.25) is 10.2 Å². The Kier molecular flexibility index (Phi) is 12.8. The molecule has 0 aliphatic heterocycles. The molecule has 1 atom stereocenters. The maximum Gasteiger partial charge on any atom is 0.344 e. The molecule has 5 heteroatoms. The number of aliphatic carboxylic acids is 1. The predicted octanol–water partition coefficient (Wildman–Crippen LogP) is 4.89. The van der Waals surface area contributed by atoms with Gasteiger partial charge in [-0.1, -0.05) is 51.5 Å².